The molecule has 0 spiro atoms. The molecule has 0 aliphatic rings. The first kappa shape index (κ1) is 17.4. The van der Waals surface area contributed by atoms with Crippen molar-refractivity contribution in [1.29, 1.82) is 0 Å². The predicted octanol–water partition coefficient (Wildman–Crippen LogP) is 3.92. The number of rotatable bonds is 7. The maximum atomic E-state index is 13.9. The summed E-state index contributed by atoms with van der Waals surface area (Å²) < 4.78 is 18.9. The lowest BCUT2D eigenvalue weighted by Crippen LogP contribution is -2.35. The molecule has 0 fully saturated rings. The van der Waals surface area contributed by atoms with Crippen LogP contribution in [0.2, 0.25) is 5.02 Å². The number of hydrogen-bond donors (Lipinski definition) is 1. The third-order valence-corrected chi connectivity index (χ3v) is 3.81. The molecule has 0 aliphatic heterocycles. The van der Waals surface area contributed by atoms with Crippen LogP contribution in [-0.2, 0) is 11.2 Å². The minimum Gasteiger partial charge on any atom is -0.383 e. The largest absolute Gasteiger partial charge is 0.383 e. The van der Waals surface area contributed by atoms with Gasteiger partial charge >= 0.3 is 0 Å². The number of methoxy groups -OCH3 is 1. The molecule has 0 saturated carbocycles. The van der Waals surface area contributed by atoms with Gasteiger partial charge in [0.05, 0.1) is 6.61 Å². The van der Waals surface area contributed by atoms with Gasteiger partial charge in [-0.25, -0.2) is 4.39 Å². The zero-order valence-electron chi connectivity index (χ0n) is 12.8. The van der Waals surface area contributed by atoms with Crippen LogP contribution >= 0.6 is 11.6 Å². The average Bonchev–Trinajstić information content (AvgIpc) is 2.34. The standard InChI is InChI=1S/C16H25ClFNO/c1-16(2,3)13(11-19-7-8-20-4)9-12-5-6-14(17)10-15(12)18/h5-6,10,13,19H,7-9,11H2,1-4H3. The number of benzene rings is 1. The van der Waals surface area contributed by atoms with Gasteiger partial charge in [-0.3, -0.25) is 0 Å². The summed E-state index contributed by atoms with van der Waals surface area (Å²) in [5.41, 5.74) is 0.828. The summed E-state index contributed by atoms with van der Waals surface area (Å²) in [5, 5.41) is 3.81. The van der Waals surface area contributed by atoms with E-state index in [1.54, 1.807) is 19.2 Å². The molecular weight excluding hydrogens is 277 g/mol. The quantitative estimate of drug-likeness (QED) is 0.771. The van der Waals surface area contributed by atoms with Crippen LogP contribution in [0.4, 0.5) is 4.39 Å². The Morgan fingerprint density at radius 3 is 2.60 bits per heavy atom. The first-order valence-corrected chi connectivity index (χ1v) is 7.36. The molecule has 0 saturated heterocycles. The fourth-order valence-corrected chi connectivity index (χ4v) is 2.25. The van der Waals surface area contributed by atoms with Crippen LogP contribution in [-0.4, -0.2) is 26.8 Å². The van der Waals surface area contributed by atoms with Gasteiger partial charge in [0, 0.05) is 18.7 Å². The van der Waals surface area contributed by atoms with Crippen molar-refractivity contribution in [2.45, 2.75) is 27.2 Å². The van der Waals surface area contributed by atoms with E-state index in [0.29, 0.717) is 24.0 Å². The lowest BCUT2D eigenvalue weighted by Gasteiger charge is -2.31. The molecule has 1 aromatic carbocycles. The Morgan fingerprint density at radius 2 is 2.05 bits per heavy atom. The van der Waals surface area contributed by atoms with Crippen molar-refractivity contribution in [3.63, 3.8) is 0 Å². The lowest BCUT2D eigenvalue weighted by atomic mass is 9.77. The molecule has 0 bridgehead atoms. The van der Waals surface area contributed by atoms with E-state index in [0.717, 1.165) is 18.7 Å². The Labute approximate surface area is 126 Å². The lowest BCUT2D eigenvalue weighted by molar-refractivity contribution is 0.186. The Morgan fingerprint density at radius 1 is 1.35 bits per heavy atom. The molecule has 0 amide bonds. The number of hydrogen-bond acceptors (Lipinski definition) is 2. The van der Waals surface area contributed by atoms with Crippen LogP contribution in [0.15, 0.2) is 18.2 Å². The van der Waals surface area contributed by atoms with Crippen molar-refractivity contribution < 1.29 is 9.13 Å². The Bertz CT molecular complexity index is 417. The highest BCUT2D eigenvalue weighted by molar-refractivity contribution is 6.30. The maximum absolute atomic E-state index is 13.9. The summed E-state index contributed by atoms with van der Waals surface area (Å²) in [4.78, 5) is 0. The topological polar surface area (TPSA) is 21.3 Å². The monoisotopic (exact) mass is 301 g/mol. The van der Waals surface area contributed by atoms with Crippen molar-refractivity contribution in [1.82, 2.24) is 5.32 Å². The zero-order chi connectivity index (χ0) is 15.2. The van der Waals surface area contributed by atoms with Gasteiger partial charge in [-0.15, -0.1) is 0 Å². The molecule has 0 heterocycles. The zero-order valence-corrected chi connectivity index (χ0v) is 13.6. The normalized spacial score (nSPS) is 13.5. The second-order valence-corrected chi connectivity index (χ2v) is 6.64. The van der Waals surface area contributed by atoms with Crippen LogP contribution in [0.3, 0.4) is 0 Å². The molecule has 114 valence electrons. The fraction of sp³-hybridized carbons (Fsp3) is 0.625. The Kier molecular flexibility index (Phi) is 6.93. The van der Waals surface area contributed by atoms with Crippen LogP contribution in [0.25, 0.3) is 0 Å². The molecule has 0 aliphatic carbocycles. The minimum atomic E-state index is -0.219. The SMILES string of the molecule is COCCNCC(Cc1ccc(Cl)cc1F)C(C)(C)C. The van der Waals surface area contributed by atoms with Crippen molar-refractivity contribution in [3.8, 4) is 0 Å². The highest BCUT2D eigenvalue weighted by Gasteiger charge is 2.25. The van der Waals surface area contributed by atoms with Crippen LogP contribution in [0, 0.1) is 17.2 Å². The van der Waals surface area contributed by atoms with E-state index < -0.39 is 0 Å². The first-order valence-electron chi connectivity index (χ1n) is 6.98. The van der Waals surface area contributed by atoms with E-state index in [1.165, 1.54) is 6.07 Å². The third kappa shape index (κ3) is 5.78. The molecule has 1 aromatic rings. The molecule has 0 aromatic heterocycles. The molecule has 0 radical (unpaired) electrons. The van der Waals surface area contributed by atoms with Crippen LogP contribution < -0.4 is 5.32 Å². The maximum Gasteiger partial charge on any atom is 0.127 e. The minimum absolute atomic E-state index is 0.103. The summed E-state index contributed by atoms with van der Waals surface area (Å²) >= 11 is 5.80. The van der Waals surface area contributed by atoms with Gasteiger partial charge < -0.3 is 10.1 Å². The van der Waals surface area contributed by atoms with Gasteiger partial charge in [0.2, 0.25) is 0 Å². The summed E-state index contributed by atoms with van der Waals surface area (Å²) in [6.45, 7) is 8.89. The Balaban J connectivity index is 2.69. The predicted molar refractivity (Wildman–Crippen MR) is 82.8 cm³/mol. The molecule has 4 heteroatoms. The van der Waals surface area contributed by atoms with Crippen molar-refractivity contribution in [3.05, 3.63) is 34.6 Å². The van der Waals surface area contributed by atoms with E-state index in [1.807, 2.05) is 0 Å². The summed E-state index contributed by atoms with van der Waals surface area (Å²) in [6.07, 6.45) is 0.701. The van der Waals surface area contributed by atoms with E-state index in [2.05, 4.69) is 26.1 Å². The van der Waals surface area contributed by atoms with Crippen molar-refractivity contribution in [2.75, 3.05) is 26.8 Å². The van der Waals surface area contributed by atoms with Gasteiger partial charge in [0.15, 0.2) is 0 Å². The summed E-state index contributed by atoms with van der Waals surface area (Å²) in [5.74, 6) is 0.124. The highest BCUT2D eigenvalue weighted by Crippen LogP contribution is 2.30. The molecule has 1 atom stereocenters. The molecule has 1 rings (SSSR count). The van der Waals surface area contributed by atoms with Gasteiger partial charge in [0.25, 0.3) is 0 Å². The van der Waals surface area contributed by atoms with Crippen molar-refractivity contribution >= 4 is 11.6 Å². The second-order valence-electron chi connectivity index (χ2n) is 6.20. The number of halogens is 2. The van der Waals surface area contributed by atoms with Crippen molar-refractivity contribution in [2.24, 2.45) is 11.3 Å². The second kappa shape index (κ2) is 7.96. The fourth-order valence-electron chi connectivity index (χ4n) is 2.09. The van der Waals surface area contributed by atoms with Gasteiger partial charge in [0.1, 0.15) is 5.82 Å². The van der Waals surface area contributed by atoms with E-state index in [9.17, 15) is 4.39 Å². The number of nitrogens with one attached hydrogen (secondary N) is 1. The van der Waals surface area contributed by atoms with Crippen LogP contribution in [0.1, 0.15) is 26.3 Å². The van der Waals surface area contributed by atoms with Crippen LogP contribution in [0.5, 0.6) is 0 Å². The molecule has 20 heavy (non-hydrogen) atoms. The summed E-state index contributed by atoms with van der Waals surface area (Å²) in [6, 6.07) is 4.92. The molecule has 1 unspecified atom stereocenters. The summed E-state index contributed by atoms with van der Waals surface area (Å²) in [7, 11) is 1.69. The third-order valence-electron chi connectivity index (χ3n) is 3.58. The first-order chi connectivity index (χ1) is 9.34. The van der Waals surface area contributed by atoms with Gasteiger partial charge in [-0.05, 0) is 42.0 Å². The molecular formula is C16H25ClFNO. The highest BCUT2D eigenvalue weighted by atomic mass is 35.5. The van der Waals surface area contributed by atoms with Gasteiger partial charge in [-0.2, -0.15) is 0 Å². The Hall–Kier alpha value is -0.640. The van der Waals surface area contributed by atoms with E-state index in [4.69, 9.17) is 16.3 Å². The smallest absolute Gasteiger partial charge is 0.127 e. The van der Waals surface area contributed by atoms with E-state index in [-0.39, 0.29) is 11.2 Å². The number of ether oxygens (including phenoxy) is 1. The average molecular weight is 302 g/mol. The van der Waals surface area contributed by atoms with E-state index >= 15 is 0 Å². The molecule has 1 N–H and O–H groups in total. The van der Waals surface area contributed by atoms with Gasteiger partial charge in [-0.1, -0.05) is 38.4 Å². The molecule has 2 nitrogen and oxygen atoms in total.